The lowest BCUT2D eigenvalue weighted by Gasteiger charge is -2.25. The van der Waals surface area contributed by atoms with E-state index >= 15 is 0 Å². The summed E-state index contributed by atoms with van der Waals surface area (Å²) >= 11 is 1.99. The molecule has 1 aromatic rings. The van der Waals surface area contributed by atoms with Crippen molar-refractivity contribution in [2.24, 2.45) is 17.8 Å². The second kappa shape index (κ2) is 7.72. The Morgan fingerprint density at radius 3 is 2.33 bits per heavy atom. The second-order valence-electron chi connectivity index (χ2n) is 5.78. The van der Waals surface area contributed by atoms with Crippen LogP contribution in [0.1, 0.15) is 38.1 Å². The number of nitro groups is 1. The molecule has 21 heavy (non-hydrogen) atoms. The molecule has 1 aromatic carbocycles. The van der Waals surface area contributed by atoms with Gasteiger partial charge in [0.15, 0.2) is 0 Å². The van der Waals surface area contributed by atoms with Gasteiger partial charge in [0.2, 0.25) is 0 Å². The highest BCUT2D eigenvalue weighted by Crippen LogP contribution is 2.23. The predicted octanol–water partition coefficient (Wildman–Crippen LogP) is 3.86. The molecule has 0 radical (unpaired) electrons. The van der Waals surface area contributed by atoms with Gasteiger partial charge in [-0.1, -0.05) is 27.7 Å². The maximum absolute atomic E-state index is 12.2. The van der Waals surface area contributed by atoms with Crippen LogP contribution in [0.15, 0.2) is 18.2 Å². The summed E-state index contributed by atoms with van der Waals surface area (Å²) in [6.07, 6.45) is 0. The molecule has 1 amide bonds. The van der Waals surface area contributed by atoms with Crippen LogP contribution in [0.2, 0.25) is 0 Å². The minimum absolute atomic E-state index is 0.117. The van der Waals surface area contributed by atoms with E-state index in [-0.39, 0.29) is 17.2 Å². The Morgan fingerprint density at radius 1 is 1.29 bits per heavy atom. The minimum Gasteiger partial charge on any atom is -0.352 e. The molecule has 0 unspecified atom stereocenters. The SMILES string of the molecule is CC(C)C(CNC(=O)c1ccc(I)cc1[N+](=O)[O-])C(C)C. The van der Waals surface area contributed by atoms with Crippen molar-refractivity contribution in [3.63, 3.8) is 0 Å². The van der Waals surface area contributed by atoms with Gasteiger partial charge in [-0.15, -0.1) is 0 Å². The van der Waals surface area contributed by atoms with Crippen LogP contribution in [-0.2, 0) is 0 Å². The van der Waals surface area contributed by atoms with Crippen molar-refractivity contribution >= 4 is 34.2 Å². The Balaban J connectivity index is 2.88. The summed E-state index contributed by atoms with van der Waals surface area (Å²) in [5, 5.41) is 13.9. The number of carbonyl (C=O) groups excluding carboxylic acids is 1. The zero-order chi connectivity index (χ0) is 16.2. The van der Waals surface area contributed by atoms with Crippen molar-refractivity contribution in [1.82, 2.24) is 5.32 Å². The van der Waals surface area contributed by atoms with Gasteiger partial charge in [0, 0.05) is 16.2 Å². The first-order valence-electron chi connectivity index (χ1n) is 6.96. The molecule has 0 aliphatic heterocycles. The lowest BCUT2D eigenvalue weighted by Crippen LogP contribution is -2.34. The summed E-state index contributed by atoms with van der Waals surface area (Å²) in [5.41, 5.74) is -0.0308. The maximum atomic E-state index is 12.2. The normalized spacial score (nSPS) is 11.2. The molecule has 0 atom stereocenters. The van der Waals surface area contributed by atoms with Crippen molar-refractivity contribution in [3.05, 3.63) is 37.4 Å². The van der Waals surface area contributed by atoms with Gasteiger partial charge in [-0.05, 0) is 52.5 Å². The smallest absolute Gasteiger partial charge is 0.283 e. The molecule has 0 heterocycles. The fourth-order valence-corrected chi connectivity index (χ4v) is 2.87. The summed E-state index contributed by atoms with van der Waals surface area (Å²) in [7, 11) is 0. The Labute approximate surface area is 138 Å². The molecule has 0 saturated heterocycles. The van der Waals surface area contributed by atoms with Crippen LogP contribution in [0, 0.1) is 31.4 Å². The summed E-state index contributed by atoms with van der Waals surface area (Å²) in [4.78, 5) is 22.8. The van der Waals surface area contributed by atoms with Crippen LogP contribution in [0.3, 0.4) is 0 Å². The highest BCUT2D eigenvalue weighted by Gasteiger charge is 2.23. The number of nitrogens with zero attached hydrogens (tertiary/aromatic N) is 1. The first-order chi connectivity index (χ1) is 9.73. The Kier molecular flexibility index (Phi) is 6.57. The van der Waals surface area contributed by atoms with E-state index in [9.17, 15) is 14.9 Å². The van der Waals surface area contributed by atoms with Gasteiger partial charge < -0.3 is 5.32 Å². The van der Waals surface area contributed by atoms with Crippen molar-refractivity contribution in [3.8, 4) is 0 Å². The van der Waals surface area contributed by atoms with Crippen LogP contribution in [0.25, 0.3) is 0 Å². The number of hydrogen-bond donors (Lipinski definition) is 1. The van der Waals surface area contributed by atoms with Crippen molar-refractivity contribution < 1.29 is 9.72 Å². The van der Waals surface area contributed by atoms with Gasteiger partial charge >= 0.3 is 0 Å². The summed E-state index contributed by atoms with van der Waals surface area (Å²) in [6.45, 7) is 8.99. The number of nitro benzene ring substituents is 1. The minimum atomic E-state index is -0.514. The van der Waals surface area contributed by atoms with Gasteiger partial charge in [-0.2, -0.15) is 0 Å². The number of nitrogens with one attached hydrogen (secondary N) is 1. The third-order valence-electron chi connectivity index (χ3n) is 3.61. The number of carbonyl (C=O) groups is 1. The van der Waals surface area contributed by atoms with E-state index in [1.165, 1.54) is 12.1 Å². The summed E-state index contributed by atoms with van der Waals surface area (Å²) in [6, 6.07) is 4.62. The number of halogens is 1. The molecule has 0 saturated carbocycles. The summed E-state index contributed by atoms with van der Waals surface area (Å²) < 4.78 is 0.734. The third-order valence-corrected chi connectivity index (χ3v) is 4.28. The first-order valence-corrected chi connectivity index (χ1v) is 8.04. The molecule has 0 bridgehead atoms. The summed E-state index contributed by atoms with van der Waals surface area (Å²) in [5.74, 6) is 0.843. The van der Waals surface area contributed by atoms with Gasteiger partial charge in [-0.3, -0.25) is 14.9 Å². The molecule has 0 fully saturated rings. The van der Waals surface area contributed by atoms with Crippen LogP contribution >= 0.6 is 22.6 Å². The number of benzene rings is 1. The predicted molar refractivity (Wildman–Crippen MR) is 91.3 cm³/mol. The van der Waals surface area contributed by atoms with Gasteiger partial charge in [0.25, 0.3) is 11.6 Å². The monoisotopic (exact) mass is 404 g/mol. The molecule has 1 N–H and O–H groups in total. The Morgan fingerprint density at radius 2 is 1.86 bits per heavy atom. The van der Waals surface area contributed by atoms with Crippen molar-refractivity contribution in [2.45, 2.75) is 27.7 Å². The highest BCUT2D eigenvalue weighted by molar-refractivity contribution is 14.1. The number of rotatable bonds is 6. The van der Waals surface area contributed by atoms with E-state index in [0.717, 1.165) is 3.57 Å². The topological polar surface area (TPSA) is 72.2 Å². The average Bonchev–Trinajstić information content (AvgIpc) is 2.37. The van der Waals surface area contributed by atoms with E-state index in [2.05, 4.69) is 33.0 Å². The quantitative estimate of drug-likeness (QED) is 0.445. The molecule has 0 aromatic heterocycles. The molecule has 0 aliphatic rings. The van der Waals surface area contributed by atoms with Crippen molar-refractivity contribution in [1.29, 1.82) is 0 Å². The second-order valence-corrected chi connectivity index (χ2v) is 7.03. The zero-order valence-electron chi connectivity index (χ0n) is 12.7. The van der Waals surface area contributed by atoms with Gasteiger partial charge in [0.05, 0.1) is 4.92 Å². The fourth-order valence-electron chi connectivity index (χ4n) is 2.39. The Hall–Kier alpha value is -1.18. The zero-order valence-corrected chi connectivity index (χ0v) is 14.9. The van der Waals surface area contributed by atoms with E-state index < -0.39 is 4.92 Å². The van der Waals surface area contributed by atoms with Crippen molar-refractivity contribution in [2.75, 3.05) is 6.54 Å². The molecule has 0 aliphatic carbocycles. The van der Waals surface area contributed by atoms with E-state index in [4.69, 9.17) is 0 Å². The molecule has 1 rings (SSSR count). The Bertz CT molecular complexity index is 522. The molecule has 5 nitrogen and oxygen atoms in total. The standard InChI is InChI=1S/C15H21IN2O3/c1-9(2)13(10(3)4)8-17-15(19)12-6-5-11(16)7-14(12)18(20)21/h5-7,9-10,13H,8H2,1-4H3,(H,17,19). The average molecular weight is 404 g/mol. The lowest BCUT2D eigenvalue weighted by molar-refractivity contribution is -0.385. The van der Waals surface area contributed by atoms with E-state index in [0.29, 0.717) is 24.3 Å². The maximum Gasteiger partial charge on any atom is 0.283 e. The van der Waals surface area contributed by atoms with Gasteiger partial charge in [-0.25, -0.2) is 0 Å². The lowest BCUT2D eigenvalue weighted by atomic mass is 9.85. The third kappa shape index (κ3) is 4.94. The van der Waals surface area contributed by atoms with Crippen LogP contribution < -0.4 is 5.32 Å². The van der Waals surface area contributed by atoms with Gasteiger partial charge in [0.1, 0.15) is 5.56 Å². The first kappa shape index (κ1) is 17.9. The van der Waals surface area contributed by atoms with Crippen LogP contribution in [0.5, 0.6) is 0 Å². The largest absolute Gasteiger partial charge is 0.352 e. The van der Waals surface area contributed by atoms with E-state index in [1.54, 1.807) is 6.07 Å². The molecule has 0 spiro atoms. The molecular weight excluding hydrogens is 383 g/mol. The highest BCUT2D eigenvalue weighted by atomic mass is 127. The molecule has 6 heteroatoms. The fraction of sp³-hybridized carbons (Fsp3) is 0.533. The molecule has 116 valence electrons. The number of amides is 1. The van der Waals surface area contributed by atoms with Crippen LogP contribution in [0.4, 0.5) is 5.69 Å². The molecular formula is C15H21IN2O3. The van der Waals surface area contributed by atoms with Crippen LogP contribution in [-0.4, -0.2) is 17.4 Å². The van der Waals surface area contributed by atoms with E-state index in [1.807, 2.05) is 22.6 Å². The number of hydrogen-bond acceptors (Lipinski definition) is 3.